The second kappa shape index (κ2) is 12.6. The largest absolute Gasteiger partial charge is 0.443 e. The van der Waals surface area contributed by atoms with Crippen molar-refractivity contribution in [3.05, 3.63) is 11.6 Å². The summed E-state index contributed by atoms with van der Waals surface area (Å²) in [6.45, 7) is 7.55. The molecule has 1 saturated heterocycles. The standard InChI is InChI=1S/C24H41N3O6S/c1-15(2)10-12-31-16(3)21-22(30-4)19(9-11-24(21)14-32-24)33-23(29)27-18-7-5-17(6-8-18)26-20(28)13-25-34/h10,16-19,21-22,25,34H,5-9,11-14H2,1-4H3,(H,26,28)(H,27,29). The molecule has 5 unspecified atom stereocenters. The Labute approximate surface area is 208 Å². The van der Waals surface area contributed by atoms with Crippen molar-refractivity contribution in [2.45, 2.75) is 95.3 Å². The molecule has 5 atom stereocenters. The zero-order valence-corrected chi connectivity index (χ0v) is 21.7. The summed E-state index contributed by atoms with van der Waals surface area (Å²) in [5.74, 6) is -0.0832. The minimum atomic E-state index is -0.414. The van der Waals surface area contributed by atoms with Crippen molar-refractivity contribution < 1.29 is 28.5 Å². The summed E-state index contributed by atoms with van der Waals surface area (Å²) in [6.07, 6.45) is 5.62. The molecule has 0 aromatic heterocycles. The molecule has 2 aliphatic carbocycles. The summed E-state index contributed by atoms with van der Waals surface area (Å²) in [7, 11) is 1.66. The molecule has 194 valence electrons. The number of hydrogen-bond acceptors (Lipinski definition) is 8. The molecule has 0 bridgehead atoms. The zero-order valence-electron chi connectivity index (χ0n) is 20.8. The maximum Gasteiger partial charge on any atom is 0.407 e. The van der Waals surface area contributed by atoms with Crippen molar-refractivity contribution >= 4 is 24.8 Å². The lowest BCUT2D eigenvalue weighted by Gasteiger charge is -2.43. The van der Waals surface area contributed by atoms with Crippen LogP contribution in [0, 0.1) is 5.92 Å². The zero-order chi connectivity index (χ0) is 24.7. The summed E-state index contributed by atoms with van der Waals surface area (Å²) >= 11 is 3.85. The average Bonchev–Trinajstić information content (AvgIpc) is 3.55. The van der Waals surface area contributed by atoms with Crippen LogP contribution in [0.3, 0.4) is 0 Å². The first-order valence-corrected chi connectivity index (χ1v) is 12.8. The molecule has 0 radical (unpaired) electrons. The van der Waals surface area contributed by atoms with Gasteiger partial charge in [0.15, 0.2) is 0 Å². The highest BCUT2D eigenvalue weighted by Crippen LogP contribution is 2.49. The van der Waals surface area contributed by atoms with E-state index in [4.69, 9.17) is 18.9 Å². The molecular formula is C24H41N3O6S. The van der Waals surface area contributed by atoms with Crippen molar-refractivity contribution in [1.29, 1.82) is 0 Å². The Morgan fingerprint density at radius 1 is 1.15 bits per heavy atom. The number of nitrogens with one attached hydrogen (secondary N) is 3. The molecule has 2 saturated carbocycles. The van der Waals surface area contributed by atoms with Gasteiger partial charge in [-0.1, -0.05) is 24.5 Å². The van der Waals surface area contributed by atoms with E-state index in [-0.39, 0.29) is 54.4 Å². The number of amides is 2. The summed E-state index contributed by atoms with van der Waals surface area (Å²) in [5.41, 5.74) is 0.965. The topological polar surface area (TPSA) is 110 Å². The first-order valence-electron chi connectivity index (χ1n) is 12.3. The second-order valence-corrected chi connectivity index (χ2v) is 10.3. The van der Waals surface area contributed by atoms with Crippen molar-refractivity contribution in [2.75, 3.05) is 26.9 Å². The van der Waals surface area contributed by atoms with Crippen LogP contribution >= 0.6 is 12.8 Å². The summed E-state index contributed by atoms with van der Waals surface area (Å²) < 4.78 is 26.3. The Hall–Kier alpha value is -1.33. The molecule has 1 aliphatic heterocycles. The third-order valence-corrected chi connectivity index (χ3v) is 7.39. The van der Waals surface area contributed by atoms with Crippen LogP contribution in [0.15, 0.2) is 11.6 Å². The molecule has 34 heavy (non-hydrogen) atoms. The lowest BCUT2D eigenvalue weighted by Crippen LogP contribution is -2.55. The highest BCUT2D eigenvalue weighted by Gasteiger charge is 2.61. The van der Waals surface area contributed by atoms with Gasteiger partial charge in [-0.3, -0.25) is 9.52 Å². The van der Waals surface area contributed by atoms with Gasteiger partial charge >= 0.3 is 6.09 Å². The van der Waals surface area contributed by atoms with Gasteiger partial charge in [-0.05, 0) is 59.3 Å². The van der Waals surface area contributed by atoms with Crippen molar-refractivity contribution in [3.63, 3.8) is 0 Å². The van der Waals surface area contributed by atoms with E-state index in [2.05, 4.69) is 34.2 Å². The maximum atomic E-state index is 12.7. The van der Waals surface area contributed by atoms with Gasteiger partial charge in [0.1, 0.15) is 12.2 Å². The molecule has 3 aliphatic rings. The molecule has 2 amide bonds. The van der Waals surface area contributed by atoms with Gasteiger partial charge < -0.3 is 29.6 Å². The highest BCUT2D eigenvalue weighted by molar-refractivity contribution is 7.78. The molecular weight excluding hydrogens is 458 g/mol. The number of rotatable bonds is 10. The lowest BCUT2D eigenvalue weighted by atomic mass is 9.73. The third-order valence-electron chi connectivity index (χ3n) is 7.24. The summed E-state index contributed by atoms with van der Waals surface area (Å²) in [6, 6.07) is 0.163. The van der Waals surface area contributed by atoms with Crippen LogP contribution in [-0.2, 0) is 23.7 Å². The monoisotopic (exact) mass is 499 g/mol. The first-order chi connectivity index (χ1) is 16.3. The fraction of sp³-hybridized carbons (Fsp3) is 0.833. The molecule has 1 heterocycles. The maximum absolute atomic E-state index is 12.7. The normalized spacial score (nSPS) is 33.6. The van der Waals surface area contributed by atoms with Crippen molar-refractivity contribution in [1.82, 2.24) is 15.4 Å². The smallest absolute Gasteiger partial charge is 0.407 e. The van der Waals surface area contributed by atoms with E-state index in [9.17, 15) is 9.59 Å². The number of alkyl carbamates (subject to hydrolysis) is 1. The number of ether oxygens (including phenoxy) is 4. The fourth-order valence-corrected chi connectivity index (χ4v) is 5.48. The number of carbonyl (C=O) groups excluding carboxylic acids is 2. The number of allylic oxidation sites excluding steroid dienone is 1. The molecule has 9 nitrogen and oxygen atoms in total. The molecule has 3 fully saturated rings. The molecule has 0 aromatic carbocycles. The molecule has 10 heteroatoms. The number of thiol groups is 1. The molecule has 3 rings (SSSR count). The van der Waals surface area contributed by atoms with Crippen molar-refractivity contribution in [3.8, 4) is 0 Å². The van der Waals surface area contributed by atoms with Crippen LogP contribution in [0.5, 0.6) is 0 Å². The number of methoxy groups -OCH3 is 1. The molecule has 3 N–H and O–H groups in total. The van der Waals surface area contributed by atoms with Crippen LogP contribution in [0.1, 0.15) is 59.3 Å². The predicted molar refractivity (Wildman–Crippen MR) is 132 cm³/mol. The highest BCUT2D eigenvalue weighted by atomic mass is 32.1. The second-order valence-electron chi connectivity index (χ2n) is 9.98. The van der Waals surface area contributed by atoms with Crippen molar-refractivity contribution in [2.24, 2.45) is 5.92 Å². The van der Waals surface area contributed by atoms with E-state index in [1.807, 2.05) is 20.8 Å². The van der Waals surface area contributed by atoms with E-state index >= 15 is 0 Å². The van der Waals surface area contributed by atoms with Gasteiger partial charge in [0.25, 0.3) is 0 Å². The minimum Gasteiger partial charge on any atom is -0.443 e. The quantitative estimate of drug-likeness (QED) is 0.208. The van der Waals surface area contributed by atoms with Crippen LogP contribution in [-0.4, -0.2) is 74.9 Å². The van der Waals surface area contributed by atoms with Gasteiger partial charge in [-0.15, -0.1) is 0 Å². The van der Waals surface area contributed by atoms with Gasteiger partial charge in [-0.2, -0.15) is 0 Å². The third kappa shape index (κ3) is 7.34. The van der Waals surface area contributed by atoms with E-state index in [0.717, 1.165) is 32.1 Å². The van der Waals surface area contributed by atoms with E-state index in [0.29, 0.717) is 19.6 Å². The number of hydrogen-bond donors (Lipinski definition) is 4. The number of carbonyl (C=O) groups is 2. The molecule has 1 spiro atoms. The van der Waals surface area contributed by atoms with Gasteiger partial charge in [0.05, 0.1) is 31.5 Å². The Morgan fingerprint density at radius 2 is 1.79 bits per heavy atom. The average molecular weight is 500 g/mol. The Kier molecular flexibility index (Phi) is 10.1. The fourth-order valence-electron chi connectivity index (χ4n) is 5.34. The van der Waals surface area contributed by atoms with E-state index < -0.39 is 6.09 Å². The predicted octanol–water partition coefficient (Wildman–Crippen LogP) is 2.51. The number of epoxide rings is 1. The Balaban J connectivity index is 1.50. The molecule has 0 aromatic rings. The van der Waals surface area contributed by atoms with E-state index in [1.165, 1.54) is 5.57 Å². The summed E-state index contributed by atoms with van der Waals surface area (Å²) in [4.78, 5) is 24.5. The Bertz CT molecular complexity index is 719. The van der Waals surface area contributed by atoms with Gasteiger partial charge in [0, 0.05) is 25.1 Å². The van der Waals surface area contributed by atoms with Crippen LogP contribution in [0.25, 0.3) is 0 Å². The lowest BCUT2D eigenvalue weighted by molar-refractivity contribution is -0.138. The SMILES string of the molecule is COC1C(OC(=O)NC2CCC(NC(=O)CNS)CC2)CCC2(CO2)C1C(C)OCC=C(C)C. The van der Waals surface area contributed by atoms with E-state index in [1.54, 1.807) is 7.11 Å². The van der Waals surface area contributed by atoms with Crippen LogP contribution < -0.4 is 15.4 Å². The van der Waals surface area contributed by atoms with Gasteiger partial charge in [-0.25, -0.2) is 4.79 Å². The van der Waals surface area contributed by atoms with Gasteiger partial charge in [0.2, 0.25) is 5.91 Å². The summed E-state index contributed by atoms with van der Waals surface area (Å²) in [5, 5.41) is 6.00. The van der Waals surface area contributed by atoms with Crippen LogP contribution in [0.4, 0.5) is 4.79 Å². The minimum absolute atomic E-state index is 0.0135. The van der Waals surface area contributed by atoms with Crippen LogP contribution in [0.2, 0.25) is 0 Å². The first kappa shape index (κ1) is 27.3. The Morgan fingerprint density at radius 3 is 2.35 bits per heavy atom.